The van der Waals surface area contributed by atoms with Crippen molar-refractivity contribution in [2.75, 3.05) is 12.4 Å². The topological polar surface area (TPSA) is 63.6 Å². The van der Waals surface area contributed by atoms with Gasteiger partial charge < -0.3 is 5.32 Å². The fourth-order valence-corrected chi connectivity index (χ4v) is 2.85. The normalized spacial score (nSPS) is 10.8. The van der Waals surface area contributed by atoms with Gasteiger partial charge in [0.05, 0.1) is 0 Å². The van der Waals surface area contributed by atoms with Crippen LogP contribution in [0.1, 0.15) is 35.3 Å². The highest BCUT2D eigenvalue weighted by Gasteiger charge is 2.13. The van der Waals surface area contributed by atoms with E-state index in [4.69, 9.17) is 0 Å². The molecule has 2 aromatic rings. The number of anilines is 1. The number of nitrogens with one attached hydrogen (secondary N) is 1. The van der Waals surface area contributed by atoms with Crippen LogP contribution in [-0.4, -0.2) is 27.0 Å². The summed E-state index contributed by atoms with van der Waals surface area (Å²) in [5, 5.41) is 4.77. The Bertz CT molecular complexity index is 646. The van der Waals surface area contributed by atoms with Gasteiger partial charge in [0.25, 0.3) is 0 Å². The van der Waals surface area contributed by atoms with Gasteiger partial charge in [0.15, 0.2) is 5.16 Å². The van der Waals surface area contributed by atoms with Crippen molar-refractivity contribution in [1.29, 1.82) is 0 Å². The largest absolute Gasteiger partial charge is 0.373 e. The first-order valence-electron chi connectivity index (χ1n) is 7.01. The fraction of sp³-hybridized carbons (Fsp3) is 0.467. The van der Waals surface area contributed by atoms with Gasteiger partial charge in [0.1, 0.15) is 16.7 Å². The summed E-state index contributed by atoms with van der Waals surface area (Å²) < 4.78 is 0. The molecule has 1 N–H and O–H groups in total. The molecule has 6 heteroatoms. The Hall–Kier alpha value is -1.69. The van der Waals surface area contributed by atoms with Crippen LogP contribution < -0.4 is 5.32 Å². The Kier molecular flexibility index (Phi) is 4.77. The highest BCUT2D eigenvalue weighted by atomic mass is 32.2. The molecule has 0 radical (unpaired) electrons. The summed E-state index contributed by atoms with van der Waals surface area (Å²) in [6.45, 7) is 10.1. The third-order valence-electron chi connectivity index (χ3n) is 3.50. The molecule has 0 amide bonds. The minimum absolute atomic E-state index is 0.738. The van der Waals surface area contributed by atoms with E-state index in [1.165, 1.54) is 11.8 Å². The van der Waals surface area contributed by atoms with E-state index in [0.29, 0.717) is 0 Å². The molecule has 0 saturated carbocycles. The summed E-state index contributed by atoms with van der Waals surface area (Å²) >= 11 is 1.50. The third-order valence-corrected chi connectivity index (χ3v) is 4.46. The second-order valence-electron chi connectivity index (χ2n) is 4.93. The Morgan fingerprint density at radius 3 is 2.05 bits per heavy atom. The molecular weight excluding hydrogens is 282 g/mol. The lowest BCUT2D eigenvalue weighted by Gasteiger charge is -2.11. The maximum atomic E-state index is 4.61. The number of aromatic nitrogens is 4. The summed E-state index contributed by atoms with van der Waals surface area (Å²) in [6, 6.07) is 0. The van der Waals surface area contributed by atoms with Crippen molar-refractivity contribution in [3.63, 3.8) is 0 Å². The predicted octanol–water partition coefficient (Wildman–Crippen LogP) is 3.26. The summed E-state index contributed by atoms with van der Waals surface area (Å²) in [6.07, 6.45) is 0.801. The average molecular weight is 303 g/mol. The van der Waals surface area contributed by atoms with Crippen LogP contribution in [0.25, 0.3) is 0 Å². The molecule has 0 aliphatic carbocycles. The Morgan fingerprint density at radius 2 is 1.52 bits per heavy atom. The fourth-order valence-electron chi connectivity index (χ4n) is 1.91. The monoisotopic (exact) mass is 303 g/mol. The Labute approximate surface area is 130 Å². The highest BCUT2D eigenvalue weighted by molar-refractivity contribution is 7.99. The van der Waals surface area contributed by atoms with Crippen LogP contribution in [0.15, 0.2) is 10.2 Å². The van der Waals surface area contributed by atoms with Gasteiger partial charge in [-0.3, -0.25) is 0 Å². The van der Waals surface area contributed by atoms with Crippen LogP contribution in [0.5, 0.6) is 0 Å². The van der Waals surface area contributed by atoms with Crippen molar-refractivity contribution in [3.8, 4) is 0 Å². The first kappa shape index (κ1) is 15.7. The molecule has 112 valence electrons. The number of hydrogen-bond acceptors (Lipinski definition) is 6. The van der Waals surface area contributed by atoms with Crippen LogP contribution in [0, 0.1) is 27.7 Å². The van der Waals surface area contributed by atoms with Crippen molar-refractivity contribution in [2.45, 2.75) is 51.2 Å². The first-order valence-corrected chi connectivity index (χ1v) is 7.82. The lowest BCUT2D eigenvalue weighted by molar-refractivity contribution is 0.855. The quantitative estimate of drug-likeness (QED) is 0.691. The van der Waals surface area contributed by atoms with E-state index in [1.807, 2.05) is 34.7 Å². The smallest absolute Gasteiger partial charge is 0.194 e. The third kappa shape index (κ3) is 3.32. The molecule has 0 fully saturated rings. The van der Waals surface area contributed by atoms with E-state index in [9.17, 15) is 0 Å². The van der Waals surface area contributed by atoms with Crippen molar-refractivity contribution in [3.05, 3.63) is 28.3 Å². The van der Waals surface area contributed by atoms with Crippen LogP contribution in [0.2, 0.25) is 0 Å². The van der Waals surface area contributed by atoms with E-state index < -0.39 is 0 Å². The SMILES string of the molecule is CCc1nc(NC)c(C)c(Sc2nc(C)c(C)c(C)n2)n1. The Balaban J connectivity index is 2.43. The minimum Gasteiger partial charge on any atom is -0.373 e. The van der Waals surface area contributed by atoms with E-state index in [-0.39, 0.29) is 0 Å². The summed E-state index contributed by atoms with van der Waals surface area (Å²) in [5.74, 6) is 1.69. The van der Waals surface area contributed by atoms with Crippen LogP contribution >= 0.6 is 11.8 Å². The average Bonchev–Trinajstić information content (AvgIpc) is 2.46. The zero-order valence-corrected chi connectivity index (χ0v) is 14.2. The van der Waals surface area contributed by atoms with E-state index >= 15 is 0 Å². The Morgan fingerprint density at radius 1 is 0.905 bits per heavy atom. The molecule has 2 heterocycles. The molecule has 0 aliphatic heterocycles. The number of nitrogens with zero attached hydrogens (tertiary/aromatic N) is 4. The molecule has 0 atom stereocenters. The predicted molar refractivity (Wildman–Crippen MR) is 86.1 cm³/mol. The number of aryl methyl sites for hydroxylation is 3. The lowest BCUT2D eigenvalue weighted by Crippen LogP contribution is -2.05. The van der Waals surface area contributed by atoms with Gasteiger partial charge in [0, 0.05) is 30.4 Å². The van der Waals surface area contributed by atoms with Gasteiger partial charge in [-0.25, -0.2) is 19.9 Å². The second-order valence-corrected chi connectivity index (χ2v) is 5.88. The van der Waals surface area contributed by atoms with E-state index in [0.717, 1.165) is 50.8 Å². The van der Waals surface area contributed by atoms with Crippen molar-refractivity contribution < 1.29 is 0 Å². The van der Waals surface area contributed by atoms with Gasteiger partial charge in [-0.05, 0) is 45.0 Å². The molecular formula is C15H21N5S. The molecule has 2 aromatic heterocycles. The van der Waals surface area contributed by atoms with Crippen molar-refractivity contribution in [1.82, 2.24) is 19.9 Å². The maximum Gasteiger partial charge on any atom is 0.194 e. The molecule has 0 aliphatic rings. The van der Waals surface area contributed by atoms with Gasteiger partial charge in [0.2, 0.25) is 0 Å². The molecule has 0 spiro atoms. The summed E-state index contributed by atoms with van der Waals surface area (Å²) in [7, 11) is 1.87. The molecule has 5 nitrogen and oxygen atoms in total. The van der Waals surface area contributed by atoms with Gasteiger partial charge in [-0.15, -0.1) is 0 Å². The van der Waals surface area contributed by atoms with Gasteiger partial charge >= 0.3 is 0 Å². The molecule has 0 unspecified atom stereocenters. The molecule has 21 heavy (non-hydrogen) atoms. The number of rotatable bonds is 4. The second kappa shape index (κ2) is 6.39. The standard InChI is InChI=1S/C15H21N5S/c1-7-12-19-13(16-6)9(3)14(20-12)21-15-17-10(4)8(2)11(5)18-15/h7H2,1-6H3,(H,16,19,20). The molecule has 0 saturated heterocycles. The van der Waals surface area contributed by atoms with Crippen LogP contribution in [0.3, 0.4) is 0 Å². The molecule has 0 aromatic carbocycles. The minimum atomic E-state index is 0.738. The summed E-state index contributed by atoms with van der Waals surface area (Å²) in [4.78, 5) is 18.2. The number of hydrogen-bond donors (Lipinski definition) is 1. The molecule has 2 rings (SSSR count). The zero-order chi connectivity index (χ0) is 15.6. The van der Waals surface area contributed by atoms with Gasteiger partial charge in [-0.2, -0.15) is 0 Å². The highest BCUT2D eigenvalue weighted by Crippen LogP contribution is 2.30. The molecule has 0 bridgehead atoms. The summed E-state index contributed by atoms with van der Waals surface area (Å²) in [5.41, 5.74) is 4.20. The zero-order valence-electron chi connectivity index (χ0n) is 13.4. The van der Waals surface area contributed by atoms with Crippen LogP contribution in [-0.2, 0) is 6.42 Å². The maximum absolute atomic E-state index is 4.61. The van der Waals surface area contributed by atoms with E-state index in [1.54, 1.807) is 0 Å². The first-order chi connectivity index (χ1) is 9.96. The van der Waals surface area contributed by atoms with Crippen molar-refractivity contribution >= 4 is 17.6 Å². The van der Waals surface area contributed by atoms with E-state index in [2.05, 4.69) is 32.2 Å². The van der Waals surface area contributed by atoms with Crippen molar-refractivity contribution in [2.24, 2.45) is 0 Å². The van der Waals surface area contributed by atoms with Crippen LogP contribution in [0.4, 0.5) is 5.82 Å². The lowest BCUT2D eigenvalue weighted by atomic mass is 10.2. The van der Waals surface area contributed by atoms with Gasteiger partial charge in [-0.1, -0.05) is 6.92 Å².